The molecule has 3 amide bonds. The summed E-state index contributed by atoms with van der Waals surface area (Å²) in [4.78, 5) is 41.1. The fraction of sp³-hybridized carbons (Fsp3) is 0.261. The van der Waals surface area contributed by atoms with Gasteiger partial charge in [-0.05, 0) is 74.5 Å². The van der Waals surface area contributed by atoms with Crippen molar-refractivity contribution in [3.63, 3.8) is 0 Å². The lowest BCUT2D eigenvalue weighted by molar-refractivity contribution is -0.127. The van der Waals surface area contributed by atoms with Crippen LogP contribution in [0.5, 0.6) is 0 Å². The van der Waals surface area contributed by atoms with Gasteiger partial charge in [-0.15, -0.1) is 0 Å². The van der Waals surface area contributed by atoms with E-state index in [9.17, 15) is 14.4 Å². The van der Waals surface area contributed by atoms with E-state index in [1.54, 1.807) is 17.0 Å². The van der Waals surface area contributed by atoms with Crippen molar-refractivity contribution in [1.82, 2.24) is 9.80 Å². The number of nitrogens with zero attached hydrogens (tertiary/aromatic N) is 2. The van der Waals surface area contributed by atoms with E-state index in [-0.39, 0.29) is 23.8 Å². The molecule has 0 atom stereocenters. The molecule has 4 rings (SSSR count). The molecule has 0 radical (unpaired) electrons. The summed E-state index contributed by atoms with van der Waals surface area (Å²) in [5.74, 6) is -0.489. The van der Waals surface area contributed by atoms with Crippen LogP contribution in [0.3, 0.4) is 0 Å². The van der Waals surface area contributed by atoms with Crippen LogP contribution in [-0.4, -0.2) is 46.7 Å². The molecule has 0 unspecified atom stereocenters. The van der Waals surface area contributed by atoms with Gasteiger partial charge in [0.05, 0.1) is 5.69 Å². The zero-order chi connectivity index (χ0) is 22.8. The quantitative estimate of drug-likeness (QED) is 0.325. The Labute approximate surface area is 202 Å². The molecular weight excluding hydrogens is 540 g/mol. The van der Waals surface area contributed by atoms with E-state index in [1.807, 2.05) is 29.2 Å². The first kappa shape index (κ1) is 22.5. The highest BCUT2D eigenvalue weighted by atomic mass is 79.9. The molecule has 2 aromatic carbocycles. The predicted octanol–water partition coefficient (Wildman–Crippen LogP) is 4.57. The number of benzene rings is 2. The number of carbonyl (C=O) groups excluding carboxylic acids is 3. The Morgan fingerprint density at radius 2 is 1.72 bits per heavy atom. The highest BCUT2D eigenvalue weighted by Crippen LogP contribution is 2.30. The van der Waals surface area contributed by atoms with Crippen LogP contribution in [0.15, 0.2) is 57.5 Å². The summed E-state index contributed by atoms with van der Waals surface area (Å²) < 4.78 is 1.22. The summed E-state index contributed by atoms with van der Waals surface area (Å²) in [6.45, 7) is 1.64. The third kappa shape index (κ3) is 4.73. The lowest BCUT2D eigenvalue weighted by Gasteiger charge is -2.40. The molecule has 1 fully saturated rings. The maximum absolute atomic E-state index is 12.6. The van der Waals surface area contributed by atoms with Crippen molar-refractivity contribution in [2.75, 3.05) is 24.1 Å². The van der Waals surface area contributed by atoms with Gasteiger partial charge in [0.2, 0.25) is 5.91 Å². The minimum absolute atomic E-state index is 0.0718. The number of amides is 3. The Hall–Kier alpha value is -2.65. The Kier molecular flexibility index (Phi) is 6.66. The average Bonchev–Trinajstić information content (AvgIpc) is 2.80. The van der Waals surface area contributed by atoms with Crippen LogP contribution in [0.1, 0.15) is 28.8 Å². The number of nitrogen functional groups attached to an aromatic ring is 1. The summed E-state index contributed by atoms with van der Waals surface area (Å²) in [6, 6.07) is 11.0. The van der Waals surface area contributed by atoms with Crippen LogP contribution in [0, 0.1) is 0 Å². The van der Waals surface area contributed by atoms with Crippen LogP contribution >= 0.6 is 31.9 Å². The van der Waals surface area contributed by atoms with Crippen molar-refractivity contribution in [2.24, 2.45) is 0 Å². The Morgan fingerprint density at radius 1 is 1.06 bits per heavy atom. The monoisotopic (exact) mass is 560 g/mol. The number of rotatable bonds is 4. The van der Waals surface area contributed by atoms with Gasteiger partial charge in [0.15, 0.2) is 5.78 Å². The molecule has 0 saturated carbocycles. The second-order valence-corrected chi connectivity index (χ2v) is 9.53. The number of allylic oxidation sites excluding steroid dienone is 1. The molecule has 0 aromatic heterocycles. The van der Waals surface area contributed by atoms with E-state index in [4.69, 9.17) is 5.73 Å². The average molecular weight is 562 g/mol. The highest BCUT2D eigenvalue weighted by Gasteiger charge is 2.32. The van der Waals surface area contributed by atoms with Crippen LogP contribution < -0.4 is 11.1 Å². The number of urea groups is 1. The van der Waals surface area contributed by atoms with Crippen molar-refractivity contribution in [1.29, 1.82) is 0 Å². The minimum atomic E-state index is -0.279. The summed E-state index contributed by atoms with van der Waals surface area (Å²) >= 11 is 6.64. The largest absolute Gasteiger partial charge is 0.397 e. The summed E-state index contributed by atoms with van der Waals surface area (Å²) in [6.07, 6.45) is 3.99. The van der Waals surface area contributed by atoms with Crippen molar-refractivity contribution >= 4 is 61.0 Å². The van der Waals surface area contributed by atoms with E-state index in [0.29, 0.717) is 52.7 Å². The number of likely N-dealkylation sites (tertiary alicyclic amines) is 1. The first-order chi connectivity index (χ1) is 15.3. The van der Waals surface area contributed by atoms with Gasteiger partial charge in [-0.25, -0.2) is 4.79 Å². The van der Waals surface area contributed by atoms with E-state index in [1.165, 1.54) is 12.2 Å². The smallest absolute Gasteiger partial charge is 0.322 e. The van der Waals surface area contributed by atoms with Gasteiger partial charge >= 0.3 is 6.03 Å². The number of hydrogen-bond acceptors (Lipinski definition) is 4. The zero-order valence-corrected chi connectivity index (χ0v) is 20.4. The molecule has 2 heterocycles. The number of piperidine rings is 1. The second-order valence-electron chi connectivity index (χ2n) is 7.82. The van der Waals surface area contributed by atoms with Gasteiger partial charge in [-0.2, -0.15) is 0 Å². The number of nitrogens with two attached hydrogens (primary N) is 1. The Bertz CT molecular complexity index is 1090. The highest BCUT2D eigenvalue weighted by molar-refractivity contribution is 9.11. The molecule has 32 heavy (non-hydrogen) atoms. The normalized spacial score (nSPS) is 16.8. The van der Waals surface area contributed by atoms with Crippen molar-refractivity contribution in [2.45, 2.75) is 25.4 Å². The van der Waals surface area contributed by atoms with Gasteiger partial charge in [-0.1, -0.05) is 18.2 Å². The maximum atomic E-state index is 12.6. The van der Waals surface area contributed by atoms with Gasteiger partial charge in [0.1, 0.15) is 0 Å². The molecule has 2 aliphatic rings. The molecule has 2 aromatic rings. The molecule has 9 heteroatoms. The zero-order valence-electron chi connectivity index (χ0n) is 17.2. The van der Waals surface area contributed by atoms with Crippen LogP contribution in [0.4, 0.5) is 16.2 Å². The number of ketones is 1. The molecule has 166 valence electrons. The lowest BCUT2D eigenvalue weighted by Crippen LogP contribution is -2.50. The molecular formula is C23H22Br2N4O3. The third-order valence-electron chi connectivity index (χ3n) is 5.82. The van der Waals surface area contributed by atoms with Gasteiger partial charge < -0.3 is 20.9 Å². The third-order valence-corrected chi connectivity index (χ3v) is 7.13. The van der Waals surface area contributed by atoms with E-state index in [0.717, 1.165) is 11.3 Å². The molecule has 1 saturated heterocycles. The topological polar surface area (TPSA) is 95.7 Å². The van der Waals surface area contributed by atoms with Crippen molar-refractivity contribution < 1.29 is 14.4 Å². The number of carbonyl (C=O) groups is 3. The van der Waals surface area contributed by atoms with Crippen molar-refractivity contribution in [3.8, 4) is 0 Å². The SMILES string of the molecule is Nc1c(Br)cc(C(=O)C=CC(=O)N2CCC(N3Cc4ccccc4NC3=O)CC2)cc1Br. The van der Waals surface area contributed by atoms with Gasteiger partial charge in [-0.3, -0.25) is 9.59 Å². The summed E-state index contributed by atoms with van der Waals surface area (Å²) in [5, 5.41) is 2.94. The number of hydrogen-bond donors (Lipinski definition) is 2. The van der Waals surface area contributed by atoms with Crippen molar-refractivity contribution in [3.05, 3.63) is 68.6 Å². The fourth-order valence-corrected chi connectivity index (χ4v) is 5.18. The number of halogens is 2. The molecule has 3 N–H and O–H groups in total. The maximum Gasteiger partial charge on any atom is 0.322 e. The summed E-state index contributed by atoms with van der Waals surface area (Å²) in [7, 11) is 0. The lowest BCUT2D eigenvalue weighted by atomic mass is 10.0. The fourth-order valence-electron chi connectivity index (χ4n) is 3.99. The standard InChI is InChI=1S/C23H22Br2N4O3/c24-17-11-15(12-18(25)22(17)26)20(30)5-6-21(31)28-9-7-16(8-10-28)29-13-14-3-1-2-4-19(14)27-23(29)32/h1-6,11-12,16H,7-10,13,26H2,(H,27,32). The minimum Gasteiger partial charge on any atom is -0.397 e. The number of fused-ring (bicyclic) bond motifs is 1. The first-order valence-corrected chi connectivity index (χ1v) is 11.8. The predicted molar refractivity (Wildman–Crippen MR) is 130 cm³/mol. The van der Waals surface area contributed by atoms with Crippen LogP contribution in [0.2, 0.25) is 0 Å². The number of anilines is 2. The van der Waals surface area contributed by atoms with E-state index < -0.39 is 0 Å². The van der Waals surface area contributed by atoms with Crippen LogP contribution in [-0.2, 0) is 11.3 Å². The summed E-state index contributed by atoms with van der Waals surface area (Å²) in [5.41, 5.74) is 8.74. The second kappa shape index (κ2) is 9.46. The molecule has 0 spiro atoms. The van der Waals surface area contributed by atoms with Crippen LogP contribution in [0.25, 0.3) is 0 Å². The molecule has 0 bridgehead atoms. The first-order valence-electron chi connectivity index (χ1n) is 10.2. The number of nitrogens with one attached hydrogen (secondary N) is 1. The Balaban J connectivity index is 1.34. The van der Waals surface area contributed by atoms with E-state index in [2.05, 4.69) is 37.2 Å². The molecule has 0 aliphatic carbocycles. The van der Waals surface area contributed by atoms with Gasteiger partial charge in [0.25, 0.3) is 0 Å². The van der Waals surface area contributed by atoms with Gasteiger partial charge in [0, 0.05) is 51.9 Å². The Morgan fingerprint density at radius 3 is 2.41 bits per heavy atom. The number of para-hydroxylation sites is 1. The molecule has 7 nitrogen and oxygen atoms in total. The molecule has 2 aliphatic heterocycles. The van der Waals surface area contributed by atoms with E-state index >= 15 is 0 Å².